The average molecular weight is 386 g/mol. The number of halogens is 1. The molecular formula is C18H15FN4O3S. The van der Waals surface area contributed by atoms with Gasteiger partial charge in [-0.25, -0.2) is 19.2 Å². The number of pyridine rings is 1. The normalized spacial score (nSPS) is 10.3. The van der Waals surface area contributed by atoms with Crippen molar-refractivity contribution in [2.75, 3.05) is 17.2 Å². The number of carbonyl (C=O) groups is 2. The molecule has 1 amide bonds. The van der Waals surface area contributed by atoms with Crippen LogP contribution < -0.4 is 10.6 Å². The highest BCUT2D eigenvalue weighted by atomic mass is 32.1. The van der Waals surface area contributed by atoms with E-state index in [4.69, 9.17) is 4.74 Å². The van der Waals surface area contributed by atoms with Crippen LogP contribution in [0.5, 0.6) is 0 Å². The van der Waals surface area contributed by atoms with Gasteiger partial charge in [-0.3, -0.25) is 10.1 Å². The lowest BCUT2D eigenvalue weighted by atomic mass is 10.2. The number of para-hydroxylation sites is 1. The second-order valence-electron chi connectivity index (χ2n) is 5.42. The van der Waals surface area contributed by atoms with Crippen molar-refractivity contribution >= 4 is 39.9 Å². The molecule has 2 N–H and O–H groups in total. The van der Waals surface area contributed by atoms with Crippen molar-refractivity contribution in [1.82, 2.24) is 9.97 Å². The van der Waals surface area contributed by atoms with Gasteiger partial charge in [0.2, 0.25) is 0 Å². The zero-order valence-corrected chi connectivity index (χ0v) is 15.0. The van der Waals surface area contributed by atoms with Gasteiger partial charge in [-0.2, -0.15) is 0 Å². The molecule has 0 spiro atoms. The van der Waals surface area contributed by atoms with Crippen LogP contribution in [0.15, 0.2) is 48.0 Å². The first-order chi connectivity index (χ1) is 13.0. The van der Waals surface area contributed by atoms with Gasteiger partial charge in [0, 0.05) is 11.6 Å². The van der Waals surface area contributed by atoms with Crippen LogP contribution in [-0.4, -0.2) is 28.5 Å². The van der Waals surface area contributed by atoms with Gasteiger partial charge in [-0.1, -0.05) is 12.1 Å². The van der Waals surface area contributed by atoms with Crippen LogP contribution in [0.1, 0.15) is 16.1 Å². The zero-order valence-electron chi connectivity index (χ0n) is 14.2. The van der Waals surface area contributed by atoms with E-state index in [1.807, 2.05) is 0 Å². The Morgan fingerprint density at radius 2 is 2.04 bits per heavy atom. The van der Waals surface area contributed by atoms with Gasteiger partial charge in [-0.05, 0) is 31.2 Å². The van der Waals surface area contributed by atoms with E-state index in [9.17, 15) is 14.0 Å². The van der Waals surface area contributed by atoms with Crippen molar-refractivity contribution < 1.29 is 18.7 Å². The predicted octanol–water partition coefficient (Wildman–Crippen LogP) is 3.52. The van der Waals surface area contributed by atoms with Gasteiger partial charge in [0.25, 0.3) is 5.91 Å². The highest BCUT2D eigenvalue weighted by Gasteiger charge is 2.17. The molecule has 0 saturated carbocycles. The Morgan fingerprint density at radius 1 is 1.22 bits per heavy atom. The lowest BCUT2D eigenvalue weighted by Gasteiger charge is -2.11. The molecular weight excluding hydrogens is 371 g/mol. The van der Waals surface area contributed by atoms with E-state index in [0.717, 1.165) is 5.69 Å². The summed E-state index contributed by atoms with van der Waals surface area (Å²) in [6.45, 7) is 1.32. The molecule has 0 aliphatic rings. The molecule has 27 heavy (non-hydrogen) atoms. The van der Waals surface area contributed by atoms with E-state index in [0.29, 0.717) is 5.13 Å². The maximum absolute atomic E-state index is 13.8. The summed E-state index contributed by atoms with van der Waals surface area (Å²) in [6, 6.07) is 9.02. The number of carbonyl (C=O) groups excluding carboxylic acids is 2. The van der Waals surface area contributed by atoms with Gasteiger partial charge in [0.1, 0.15) is 17.2 Å². The van der Waals surface area contributed by atoms with E-state index < -0.39 is 24.3 Å². The Morgan fingerprint density at radius 3 is 2.78 bits per heavy atom. The standard InChI is InChI=1S/C18H15FN4O3S/c1-11-10-27-18(21-11)23-15(24)9-26-17(25)12-5-4-8-20-16(12)22-14-7-3-2-6-13(14)19/h2-8,10H,9H2,1H3,(H,20,22)(H,21,23,24). The van der Waals surface area contributed by atoms with Crippen LogP contribution in [0.4, 0.5) is 21.0 Å². The van der Waals surface area contributed by atoms with Gasteiger partial charge in [-0.15, -0.1) is 11.3 Å². The van der Waals surface area contributed by atoms with Crippen molar-refractivity contribution in [3.8, 4) is 0 Å². The zero-order chi connectivity index (χ0) is 19.2. The number of aryl methyl sites for hydroxylation is 1. The molecule has 0 aliphatic heterocycles. The van der Waals surface area contributed by atoms with Crippen molar-refractivity contribution in [2.45, 2.75) is 6.92 Å². The molecule has 138 valence electrons. The molecule has 3 rings (SSSR count). The summed E-state index contributed by atoms with van der Waals surface area (Å²) >= 11 is 1.27. The maximum Gasteiger partial charge on any atom is 0.342 e. The van der Waals surface area contributed by atoms with Gasteiger partial charge in [0.05, 0.1) is 11.4 Å². The first-order valence-electron chi connectivity index (χ1n) is 7.88. The molecule has 0 radical (unpaired) electrons. The second kappa shape index (κ2) is 8.37. The minimum atomic E-state index is -0.757. The Labute approximate surface area is 158 Å². The number of ether oxygens (including phenoxy) is 1. The molecule has 0 atom stereocenters. The molecule has 3 aromatic rings. The van der Waals surface area contributed by atoms with Crippen LogP contribution in [0.3, 0.4) is 0 Å². The van der Waals surface area contributed by atoms with Gasteiger partial charge >= 0.3 is 5.97 Å². The monoisotopic (exact) mass is 386 g/mol. The summed E-state index contributed by atoms with van der Waals surface area (Å²) in [6.07, 6.45) is 1.46. The summed E-state index contributed by atoms with van der Waals surface area (Å²) in [4.78, 5) is 32.3. The number of rotatable bonds is 6. The minimum Gasteiger partial charge on any atom is -0.452 e. The van der Waals surface area contributed by atoms with Crippen LogP contribution >= 0.6 is 11.3 Å². The lowest BCUT2D eigenvalue weighted by molar-refractivity contribution is -0.119. The number of hydrogen-bond acceptors (Lipinski definition) is 7. The van der Waals surface area contributed by atoms with Crippen LogP contribution in [0.2, 0.25) is 0 Å². The summed E-state index contributed by atoms with van der Waals surface area (Å²) < 4.78 is 18.8. The molecule has 0 unspecified atom stereocenters. The lowest BCUT2D eigenvalue weighted by Crippen LogP contribution is -2.21. The molecule has 0 fully saturated rings. The van der Waals surface area contributed by atoms with Crippen molar-refractivity contribution in [3.05, 3.63) is 65.0 Å². The summed E-state index contributed by atoms with van der Waals surface area (Å²) in [5, 5.41) is 7.52. The SMILES string of the molecule is Cc1csc(NC(=O)COC(=O)c2cccnc2Nc2ccccc2F)n1. The van der Waals surface area contributed by atoms with Crippen LogP contribution in [0.25, 0.3) is 0 Å². The van der Waals surface area contributed by atoms with Crippen LogP contribution in [-0.2, 0) is 9.53 Å². The number of anilines is 3. The average Bonchev–Trinajstić information content (AvgIpc) is 3.07. The first-order valence-corrected chi connectivity index (χ1v) is 8.76. The van der Waals surface area contributed by atoms with Gasteiger partial charge in [0.15, 0.2) is 11.7 Å². The molecule has 0 saturated heterocycles. The number of aromatic nitrogens is 2. The molecule has 1 aromatic carbocycles. The molecule has 2 aromatic heterocycles. The van der Waals surface area contributed by atoms with Crippen molar-refractivity contribution in [1.29, 1.82) is 0 Å². The van der Waals surface area contributed by atoms with Gasteiger partial charge < -0.3 is 10.1 Å². The number of benzene rings is 1. The number of nitrogens with one attached hydrogen (secondary N) is 2. The Balaban J connectivity index is 1.64. The third kappa shape index (κ3) is 4.85. The number of nitrogens with zero attached hydrogens (tertiary/aromatic N) is 2. The van der Waals surface area contributed by atoms with E-state index in [1.54, 1.807) is 30.5 Å². The number of amides is 1. The van der Waals surface area contributed by atoms with Crippen LogP contribution in [0, 0.1) is 12.7 Å². The molecule has 0 aliphatic carbocycles. The largest absolute Gasteiger partial charge is 0.452 e. The van der Waals surface area contributed by atoms with E-state index in [2.05, 4.69) is 20.6 Å². The molecule has 9 heteroatoms. The second-order valence-corrected chi connectivity index (χ2v) is 6.28. The number of thiazole rings is 1. The third-order valence-electron chi connectivity index (χ3n) is 3.35. The van der Waals surface area contributed by atoms with Crippen molar-refractivity contribution in [2.24, 2.45) is 0 Å². The summed E-state index contributed by atoms with van der Waals surface area (Å²) in [5.41, 5.74) is 1.03. The van der Waals surface area contributed by atoms with E-state index in [-0.39, 0.29) is 17.1 Å². The fourth-order valence-corrected chi connectivity index (χ4v) is 2.84. The minimum absolute atomic E-state index is 0.0821. The smallest absolute Gasteiger partial charge is 0.342 e. The highest BCUT2D eigenvalue weighted by molar-refractivity contribution is 7.13. The Kier molecular flexibility index (Phi) is 5.72. The summed E-state index contributed by atoms with van der Waals surface area (Å²) in [5.74, 6) is -1.62. The molecule has 0 bridgehead atoms. The maximum atomic E-state index is 13.8. The number of esters is 1. The topological polar surface area (TPSA) is 93.2 Å². The van der Waals surface area contributed by atoms with E-state index in [1.165, 1.54) is 35.7 Å². The predicted molar refractivity (Wildman–Crippen MR) is 99.7 cm³/mol. The fourth-order valence-electron chi connectivity index (χ4n) is 2.14. The van der Waals surface area contributed by atoms with Crippen molar-refractivity contribution in [3.63, 3.8) is 0 Å². The fraction of sp³-hybridized carbons (Fsp3) is 0.111. The highest BCUT2D eigenvalue weighted by Crippen LogP contribution is 2.21. The Bertz CT molecular complexity index is 977. The molecule has 7 nitrogen and oxygen atoms in total. The third-order valence-corrected chi connectivity index (χ3v) is 4.23. The molecule has 2 heterocycles. The van der Waals surface area contributed by atoms with E-state index >= 15 is 0 Å². The summed E-state index contributed by atoms with van der Waals surface area (Å²) in [7, 11) is 0. The number of hydrogen-bond donors (Lipinski definition) is 2. The Hall–Kier alpha value is -3.33. The first kappa shape index (κ1) is 18.5. The quantitative estimate of drug-likeness (QED) is 0.630.